The molecule has 1 rings (SSSR count). The fourth-order valence-electron chi connectivity index (χ4n) is 1.64. The van der Waals surface area contributed by atoms with Crippen molar-refractivity contribution >= 4 is 5.97 Å². The third-order valence-electron chi connectivity index (χ3n) is 2.49. The molecule has 1 saturated heterocycles. The Kier molecular flexibility index (Phi) is 3.69. The van der Waals surface area contributed by atoms with Gasteiger partial charge in [-0.15, -0.1) is 0 Å². The zero-order valence-electron chi connectivity index (χ0n) is 8.19. The number of carboxylic acid groups (broad SMARTS) is 1. The Labute approximate surface area is 78.5 Å². The maximum absolute atomic E-state index is 10.8. The number of hydrogen-bond acceptors (Lipinski definition) is 3. The van der Waals surface area contributed by atoms with E-state index in [0.29, 0.717) is 6.61 Å². The minimum absolute atomic E-state index is 0.202. The van der Waals surface area contributed by atoms with Crippen molar-refractivity contribution in [1.82, 2.24) is 4.90 Å². The Morgan fingerprint density at radius 1 is 1.69 bits per heavy atom. The average Bonchev–Trinajstić information content (AvgIpc) is 2.28. The molecule has 0 aromatic carbocycles. The molecular formula is C9H17NO3. The molecule has 1 aliphatic heterocycles. The third-order valence-corrected chi connectivity index (χ3v) is 2.49. The largest absolute Gasteiger partial charge is 0.480 e. The van der Waals surface area contributed by atoms with Gasteiger partial charge in [0.05, 0.1) is 6.61 Å². The van der Waals surface area contributed by atoms with E-state index in [1.807, 2.05) is 11.8 Å². The van der Waals surface area contributed by atoms with E-state index in [1.54, 1.807) is 6.92 Å². The van der Waals surface area contributed by atoms with Crippen molar-refractivity contribution in [3.63, 3.8) is 0 Å². The lowest BCUT2D eigenvalue weighted by atomic mass is 10.2. The van der Waals surface area contributed by atoms with Crippen LogP contribution >= 0.6 is 0 Å². The van der Waals surface area contributed by atoms with E-state index in [9.17, 15) is 4.79 Å². The van der Waals surface area contributed by atoms with E-state index in [0.717, 1.165) is 19.6 Å². The number of carboxylic acids is 1. The summed E-state index contributed by atoms with van der Waals surface area (Å²) in [6.07, 6.45) is 0.919. The Morgan fingerprint density at radius 2 is 2.38 bits per heavy atom. The Bertz CT molecular complexity index is 184. The van der Waals surface area contributed by atoms with Gasteiger partial charge in [0.25, 0.3) is 0 Å². The molecule has 2 atom stereocenters. The van der Waals surface area contributed by atoms with Crippen LogP contribution in [0.2, 0.25) is 0 Å². The fraction of sp³-hybridized carbons (Fsp3) is 0.889. The topological polar surface area (TPSA) is 49.8 Å². The van der Waals surface area contributed by atoms with Gasteiger partial charge < -0.3 is 9.84 Å². The smallest absolute Gasteiger partial charge is 0.320 e. The minimum atomic E-state index is -0.756. The summed E-state index contributed by atoms with van der Waals surface area (Å²) >= 11 is 0. The molecule has 1 aliphatic rings. The Morgan fingerprint density at radius 3 is 3.00 bits per heavy atom. The number of hydrogen-bond donors (Lipinski definition) is 1. The predicted octanol–water partition coefficient (Wildman–Crippen LogP) is 0.570. The highest BCUT2D eigenvalue weighted by Gasteiger charge is 2.26. The van der Waals surface area contributed by atoms with Gasteiger partial charge in [0, 0.05) is 19.2 Å². The molecule has 0 aliphatic carbocycles. The van der Waals surface area contributed by atoms with Gasteiger partial charge in [0.1, 0.15) is 6.04 Å². The van der Waals surface area contributed by atoms with E-state index in [2.05, 4.69) is 0 Å². The molecule has 4 nitrogen and oxygen atoms in total. The molecule has 0 radical (unpaired) electrons. The lowest BCUT2D eigenvalue weighted by Gasteiger charge is -2.29. The van der Waals surface area contributed by atoms with Crippen molar-refractivity contribution in [2.45, 2.75) is 32.4 Å². The monoisotopic (exact) mass is 187 g/mol. The number of aliphatic carboxylic acids is 1. The molecule has 1 fully saturated rings. The van der Waals surface area contributed by atoms with E-state index < -0.39 is 12.0 Å². The molecule has 0 bridgehead atoms. The van der Waals surface area contributed by atoms with Gasteiger partial charge >= 0.3 is 5.97 Å². The van der Waals surface area contributed by atoms with Crippen molar-refractivity contribution in [1.29, 1.82) is 0 Å². The first kappa shape index (κ1) is 10.5. The Hall–Kier alpha value is -0.610. The molecule has 0 spiro atoms. The molecule has 76 valence electrons. The fourth-order valence-corrected chi connectivity index (χ4v) is 1.64. The second-order valence-electron chi connectivity index (χ2n) is 3.53. The molecular weight excluding hydrogens is 170 g/mol. The van der Waals surface area contributed by atoms with Gasteiger partial charge in [0.15, 0.2) is 0 Å². The van der Waals surface area contributed by atoms with E-state index in [-0.39, 0.29) is 6.04 Å². The second kappa shape index (κ2) is 4.58. The van der Waals surface area contributed by atoms with Crippen molar-refractivity contribution in [2.75, 3.05) is 19.8 Å². The van der Waals surface area contributed by atoms with Crippen molar-refractivity contribution in [3.05, 3.63) is 0 Å². The van der Waals surface area contributed by atoms with Crippen LogP contribution in [-0.4, -0.2) is 47.8 Å². The lowest BCUT2D eigenvalue weighted by molar-refractivity contribution is -0.143. The molecule has 0 aromatic heterocycles. The highest BCUT2D eigenvalue weighted by Crippen LogP contribution is 2.11. The highest BCUT2D eigenvalue weighted by atomic mass is 16.5. The first-order chi connectivity index (χ1) is 6.13. The van der Waals surface area contributed by atoms with Gasteiger partial charge in [-0.3, -0.25) is 9.69 Å². The van der Waals surface area contributed by atoms with Crippen LogP contribution in [0.5, 0.6) is 0 Å². The zero-order valence-corrected chi connectivity index (χ0v) is 8.19. The summed E-state index contributed by atoms with van der Waals surface area (Å²) in [6, 6.07) is -0.203. The highest BCUT2D eigenvalue weighted by molar-refractivity contribution is 5.72. The van der Waals surface area contributed by atoms with Crippen LogP contribution in [0.1, 0.15) is 20.3 Å². The van der Waals surface area contributed by atoms with Crippen LogP contribution in [0.3, 0.4) is 0 Å². The zero-order chi connectivity index (χ0) is 9.84. The minimum Gasteiger partial charge on any atom is -0.480 e. The molecule has 0 aromatic rings. The second-order valence-corrected chi connectivity index (χ2v) is 3.53. The van der Waals surface area contributed by atoms with Crippen LogP contribution in [0, 0.1) is 0 Å². The predicted molar refractivity (Wildman–Crippen MR) is 48.7 cm³/mol. The number of rotatable bonds is 2. The first-order valence-electron chi connectivity index (χ1n) is 4.69. The molecule has 1 N–H and O–H groups in total. The molecule has 1 heterocycles. The van der Waals surface area contributed by atoms with Crippen LogP contribution in [0.15, 0.2) is 0 Å². The van der Waals surface area contributed by atoms with Gasteiger partial charge in [0.2, 0.25) is 0 Å². The van der Waals surface area contributed by atoms with Gasteiger partial charge in [-0.05, 0) is 20.3 Å². The van der Waals surface area contributed by atoms with Crippen LogP contribution < -0.4 is 0 Å². The van der Waals surface area contributed by atoms with Crippen molar-refractivity contribution in [3.8, 4) is 0 Å². The van der Waals surface area contributed by atoms with Crippen molar-refractivity contribution < 1.29 is 14.6 Å². The van der Waals surface area contributed by atoms with Crippen molar-refractivity contribution in [2.24, 2.45) is 0 Å². The SMILES string of the molecule is CC1COCCCN1C(C)C(=O)O. The van der Waals surface area contributed by atoms with Gasteiger partial charge in [-0.1, -0.05) is 0 Å². The van der Waals surface area contributed by atoms with Crippen LogP contribution in [-0.2, 0) is 9.53 Å². The van der Waals surface area contributed by atoms with Gasteiger partial charge in [-0.2, -0.15) is 0 Å². The molecule has 4 heteroatoms. The maximum Gasteiger partial charge on any atom is 0.320 e. The average molecular weight is 187 g/mol. The van der Waals surface area contributed by atoms with E-state index >= 15 is 0 Å². The summed E-state index contributed by atoms with van der Waals surface area (Å²) in [6.45, 7) is 5.92. The molecule has 2 unspecified atom stereocenters. The number of nitrogens with zero attached hydrogens (tertiary/aromatic N) is 1. The summed E-state index contributed by atoms with van der Waals surface area (Å²) in [7, 11) is 0. The van der Waals surface area contributed by atoms with Crippen LogP contribution in [0.4, 0.5) is 0 Å². The van der Waals surface area contributed by atoms with Crippen LogP contribution in [0.25, 0.3) is 0 Å². The van der Waals surface area contributed by atoms with Gasteiger partial charge in [-0.25, -0.2) is 0 Å². The van der Waals surface area contributed by atoms with E-state index in [1.165, 1.54) is 0 Å². The number of carbonyl (C=O) groups is 1. The molecule has 13 heavy (non-hydrogen) atoms. The summed E-state index contributed by atoms with van der Waals surface area (Å²) in [4.78, 5) is 12.8. The summed E-state index contributed by atoms with van der Waals surface area (Å²) in [5.74, 6) is -0.756. The summed E-state index contributed by atoms with van der Waals surface area (Å²) in [5, 5.41) is 8.86. The Balaban J connectivity index is 2.58. The normalized spacial score (nSPS) is 28.0. The summed E-state index contributed by atoms with van der Waals surface area (Å²) < 4.78 is 5.33. The summed E-state index contributed by atoms with van der Waals surface area (Å²) in [5.41, 5.74) is 0. The third kappa shape index (κ3) is 2.67. The lowest BCUT2D eigenvalue weighted by Crippen LogP contribution is -2.45. The first-order valence-corrected chi connectivity index (χ1v) is 4.69. The number of ether oxygens (including phenoxy) is 1. The maximum atomic E-state index is 10.8. The molecule has 0 amide bonds. The quantitative estimate of drug-likeness (QED) is 0.686. The standard InChI is InChI=1S/C9H17NO3/c1-7-6-13-5-3-4-10(7)8(2)9(11)12/h7-8H,3-6H2,1-2H3,(H,11,12). The van der Waals surface area contributed by atoms with E-state index in [4.69, 9.17) is 9.84 Å². The molecule has 0 saturated carbocycles.